The normalized spacial score (nSPS) is 21.5. The third kappa shape index (κ3) is 3.29. The van der Waals surface area contributed by atoms with Crippen molar-refractivity contribution in [1.29, 1.82) is 0 Å². The van der Waals surface area contributed by atoms with Crippen molar-refractivity contribution in [3.8, 4) is 5.75 Å². The second kappa shape index (κ2) is 7.25. The molecular formula is C20H28N2O4. The van der Waals surface area contributed by atoms with Gasteiger partial charge in [-0.3, -0.25) is 14.6 Å². The topological polar surface area (TPSA) is 68.7 Å². The smallest absolute Gasteiger partial charge is 0.307 e. The summed E-state index contributed by atoms with van der Waals surface area (Å²) in [5.74, 6) is 0.148. The Labute approximate surface area is 154 Å². The summed E-state index contributed by atoms with van der Waals surface area (Å²) in [4.78, 5) is 31.3. The summed E-state index contributed by atoms with van der Waals surface area (Å²) in [7, 11) is 3.41. The third-order valence-corrected chi connectivity index (χ3v) is 5.83. The number of nitrogens with zero attached hydrogens (tertiary/aromatic N) is 2. The summed E-state index contributed by atoms with van der Waals surface area (Å²) in [6, 6.07) is 0. The first kappa shape index (κ1) is 18.7. The van der Waals surface area contributed by atoms with Crippen LogP contribution in [0.25, 0.3) is 0 Å². The van der Waals surface area contributed by atoms with E-state index in [2.05, 4.69) is 4.98 Å². The van der Waals surface area contributed by atoms with Crippen LogP contribution in [-0.2, 0) is 20.9 Å². The molecule has 1 saturated carbocycles. The minimum absolute atomic E-state index is 0.0292. The number of hydrogen-bond donors (Lipinski definition) is 0. The van der Waals surface area contributed by atoms with Gasteiger partial charge in [-0.15, -0.1) is 0 Å². The quantitative estimate of drug-likeness (QED) is 0.772. The molecule has 1 saturated heterocycles. The van der Waals surface area contributed by atoms with Crippen LogP contribution < -0.4 is 4.74 Å². The molecule has 0 radical (unpaired) electrons. The molecule has 142 valence electrons. The number of rotatable bonds is 4. The van der Waals surface area contributed by atoms with Gasteiger partial charge in [0.1, 0.15) is 11.4 Å². The lowest BCUT2D eigenvalue weighted by atomic mass is 9.75. The molecule has 2 fully saturated rings. The Morgan fingerprint density at radius 1 is 1.35 bits per heavy atom. The number of esters is 1. The van der Waals surface area contributed by atoms with Crippen LogP contribution in [0.3, 0.4) is 0 Å². The van der Waals surface area contributed by atoms with Gasteiger partial charge < -0.3 is 14.4 Å². The van der Waals surface area contributed by atoms with Gasteiger partial charge in [0.15, 0.2) is 0 Å². The number of carbonyl (C=O) groups excluding carboxylic acids is 2. The first-order valence-corrected chi connectivity index (χ1v) is 9.34. The lowest BCUT2D eigenvalue weighted by Crippen LogP contribution is -2.46. The maximum absolute atomic E-state index is 13.1. The molecule has 2 aliphatic rings. The second-order valence-corrected chi connectivity index (χ2v) is 7.60. The van der Waals surface area contributed by atoms with E-state index in [-0.39, 0.29) is 24.2 Å². The van der Waals surface area contributed by atoms with Crippen LogP contribution in [0.4, 0.5) is 0 Å². The molecule has 1 aromatic rings. The zero-order chi connectivity index (χ0) is 18.9. The number of aromatic nitrogens is 1. The highest BCUT2D eigenvalue weighted by Crippen LogP contribution is 2.45. The maximum atomic E-state index is 13.1. The highest BCUT2D eigenvalue weighted by atomic mass is 16.6. The highest BCUT2D eigenvalue weighted by molar-refractivity contribution is 5.87. The van der Waals surface area contributed by atoms with Gasteiger partial charge in [0.25, 0.3) is 0 Å². The molecule has 0 bridgehead atoms. The van der Waals surface area contributed by atoms with Gasteiger partial charge in [0.05, 0.1) is 31.7 Å². The van der Waals surface area contributed by atoms with Gasteiger partial charge in [0, 0.05) is 24.4 Å². The molecule has 1 atom stereocenters. The summed E-state index contributed by atoms with van der Waals surface area (Å²) in [6.07, 6.45) is 6.70. The Kier molecular flexibility index (Phi) is 5.21. The van der Waals surface area contributed by atoms with E-state index in [1.807, 2.05) is 13.8 Å². The summed E-state index contributed by atoms with van der Waals surface area (Å²) in [5, 5.41) is 0. The van der Waals surface area contributed by atoms with E-state index >= 15 is 0 Å². The van der Waals surface area contributed by atoms with Crippen molar-refractivity contribution in [2.24, 2.45) is 5.92 Å². The predicted octanol–water partition coefficient (Wildman–Crippen LogP) is 2.93. The van der Waals surface area contributed by atoms with E-state index in [1.54, 1.807) is 25.3 Å². The van der Waals surface area contributed by atoms with Crippen molar-refractivity contribution in [1.82, 2.24) is 9.88 Å². The van der Waals surface area contributed by atoms with Crippen molar-refractivity contribution in [2.45, 2.75) is 64.5 Å². The van der Waals surface area contributed by atoms with Crippen LogP contribution in [0.5, 0.6) is 5.75 Å². The van der Waals surface area contributed by atoms with E-state index in [0.717, 1.165) is 54.7 Å². The minimum atomic E-state index is -0.589. The summed E-state index contributed by atoms with van der Waals surface area (Å²) >= 11 is 0. The Bertz CT molecular complexity index is 710. The third-order valence-electron chi connectivity index (χ3n) is 5.83. The number of aryl methyl sites for hydroxylation is 1. The SMILES string of the molecule is COc1c(C)cnc(CN(C)C(=O)C2CC(=O)OC23CCCCC3)c1C. The molecule has 1 aliphatic carbocycles. The number of carbonyl (C=O) groups is 2. The number of amides is 1. The van der Waals surface area contributed by atoms with E-state index < -0.39 is 5.60 Å². The Balaban J connectivity index is 1.78. The fourth-order valence-corrected chi connectivity index (χ4v) is 4.40. The van der Waals surface area contributed by atoms with Crippen molar-refractivity contribution >= 4 is 11.9 Å². The van der Waals surface area contributed by atoms with Crippen LogP contribution in [-0.4, -0.2) is 41.5 Å². The van der Waals surface area contributed by atoms with Gasteiger partial charge in [-0.2, -0.15) is 0 Å². The molecule has 26 heavy (non-hydrogen) atoms. The first-order chi connectivity index (χ1) is 12.4. The zero-order valence-corrected chi connectivity index (χ0v) is 16.1. The summed E-state index contributed by atoms with van der Waals surface area (Å²) in [5.41, 5.74) is 2.14. The molecule has 2 heterocycles. The van der Waals surface area contributed by atoms with E-state index in [0.29, 0.717) is 6.54 Å². The highest BCUT2D eigenvalue weighted by Gasteiger charge is 2.53. The minimum Gasteiger partial charge on any atom is -0.496 e. The molecule has 1 spiro atoms. The maximum Gasteiger partial charge on any atom is 0.307 e. The number of pyridine rings is 1. The van der Waals surface area contributed by atoms with Crippen LogP contribution >= 0.6 is 0 Å². The van der Waals surface area contributed by atoms with Crippen LogP contribution in [0.15, 0.2) is 6.20 Å². The molecule has 1 amide bonds. The average Bonchev–Trinajstić information content (AvgIpc) is 2.93. The van der Waals surface area contributed by atoms with Crippen molar-refractivity contribution in [3.63, 3.8) is 0 Å². The fourth-order valence-electron chi connectivity index (χ4n) is 4.40. The van der Waals surface area contributed by atoms with E-state index in [9.17, 15) is 9.59 Å². The van der Waals surface area contributed by atoms with Crippen LogP contribution in [0.1, 0.15) is 55.3 Å². The number of hydrogen-bond acceptors (Lipinski definition) is 5. The molecule has 0 N–H and O–H groups in total. The average molecular weight is 360 g/mol. The molecule has 3 rings (SSSR count). The van der Waals surface area contributed by atoms with Crippen molar-refractivity contribution in [3.05, 3.63) is 23.0 Å². The zero-order valence-electron chi connectivity index (χ0n) is 16.1. The Morgan fingerprint density at radius 3 is 2.69 bits per heavy atom. The molecule has 6 nitrogen and oxygen atoms in total. The fraction of sp³-hybridized carbons (Fsp3) is 0.650. The monoisotopic (exact) mass is 360 g/mol. The molecule has 1 aliphatic heterocycles. The van der Waals surface area contributed by atoms with Gasteiger partial charge in [0.2, 0.25) is 5.91 Å². The predicted molar refractivity (Wildman–Crippen MR) is 96.8 cm³/mol. The number of ether oxygens (including phenoxy) is 2. The van der Waals surface area contributed by atoms with Crippen molar-refractivity contribution in [2.75, 3.05) is 14.2 Å². The van der Waals surface area contributed by atoms with Crippen LogP contribution in [0, 0.1) is 19.8 Å². The van der Waals surface area contributed by atoms with E-state index in [1.165, 1.54) is 0 Å². The molecule has 6 heteroatoms. The lowest BCUT2D eigenvalue weighted by molar-refractivity contribution is -0.155. The molecule has 0 aromatic carbocycles. The van der Waals surface area contributed by atoms with Gasteiger partial charge >= 0.3 is 5.97 Å². The molecule has 1 aromatic heterocycles. The van der Waals surface area contributed by atoms with Gasteiger partial charge in [-0.05, 0) is 39.5 Å². The second-order valence-electron chi connectivity index (χ2n) is 7.60. The summed E-state index contributed by atoms with van der Waals surface area (Å²) in [6.45, 7) is 4.30. The molecular weight excluding hydrogens is 332 g/mol. The van der Waals surface area contributed by atoms with Crippen LogP contribution in [0.2, 0.25) is 0 Å². The van der Waals surface area contributed by atoms with Crippen molar-refractivity contribution < 1.29 is 19.1 Å². The molecule has 1 unspecified atom stereocenters. The standard InChI is InChI=1S/C20H28N2O4/c1-13-11-21-16(14(2)18(13)25-4)12-22(3)19(24)15-10-17(23)26-20(15)8-6-5-7-9-20/h11,15H,5-10,12H2,1-4H3. The Morgan fingerprint density at radius 2 is 2.04 bits per heavy atom. The number of methoxy groups -OCH3 is 1. The van der Waals surface area contributed by atoms with Gasteiger partial charge in [-0.25, -0.2) is 0 Å². The first-order valence-electron chi connectivity index (χ1n) is 9.34. The van der Waals surface area contributed by atoms with E-state index in [4.69, 9.17) is 9.47 Å². The largest absolute Gasteiger partial charge is 0.496 e. The Hall–Kier alpha value is -2.11. The summed E-state index contributed by atoms with van der Waals surface area (Å²) < 4.78 is 11.1. The van der Waals surface area contributed by atoms with Gasteiger partial charge in [-0.1, -0.05) is 6.42 Å². The lowest BCUT2D eigenvalue weighted by Gasteiger charge is -2.37.